The number of hydrogen-bond donors (Lipinski definition) is 0. The Labute approximate surface area is 90.7 Å². The third kappa shape index (κ3) is 2.57. The Morgan fingerprint density at radius 3 is 2.60 bits per heavy atom. The zero-order valence-corrected chi connectivity index (χ0v) is 9.07. The van der Waals surface area contributed by atoms with Crippen LogP contribution in [-0.4, -0.2) is 13.7 Å². The van der Waals surface area contributed by atoms with Gasteiger partial charge in [0, 0.05) is 13.7 Å². The van der Waals surface area contributed by atoms with Gasteiger partial charge in [-0.05, 0) is 29.2 Å². The van der Waals surface area contributed by atoms with Crippen molar-refractivity contribution in [1.82, 2.24) is 0 Å². The largest absolute Gasteiger partial charge is 0.385 e. The number of rotatable bonds is 4. The lowest BCUT2D eigenvalue weighted by Gasteiger charge is -2.03. The van der Waals surface area contributed by atoms with E-state index in [2.05, 4.69) is 42.5 Å². The van der Waals surface area contributed by atoms with Crippen LogP contribution < -0.4 is 0 Å². The third-order valence-electron chi connectivity index (χ3n) is 2.63. The fourth-order valence-electron chi connectivity index (χ4n) is 1.81. The van der Waals surface area contributed by atoms with Gasteiger partial charge in [0.2, 0.25) is 0 Å². The predicted octanol–water partition coefficient (Wildman–Crippen LogP) is 3.42. The van der Waals surface area contributed by atoms with Crippen LogP contribution >= 0.6 is 0 Å². The first-order valence-electron chi connectivity index (χ1n) is 5.37. The average molecular weight is 200 g/mol. The number of methoxy groups -OCH3 is 1. The molecule has 0 saturated heterocycles. The molecule has 2 aromatic rings. The maximum atomic E-state index is 5.05. The summed E-state index contributed by atoms with van der Waals surface area (Å²) >= 11 is 0. The van der Waals surface area contributed by atoms with Gasteiger partial charge in [-0.2, -0.15) is 0 Å². The summed E-state index contributed by atoms with van der Waals surface area (Å²) in [7, 11) is 1.75. The molecule has 0 aromatic heterocycles. The second kappa shape index (κ2) is 4.94. The molecule has 0 spiro atoms. The monoisotopic (exact) mass is 200 g/mol. The fraction of sp³-hybridized carbons (Fsp3) is 0.286. The third-order valence-corrected chi connectivity index (χ3v) is 2.63. The van der Waals surface area contributed by atoms with Gasteiger partial charge in [0.25, 0.3) is 0 Å². The van der Waals surface area contributed by atoms with Crippen molar-refractivity contribution in [3.05, 3.63) is 48.0 Å². The number of hydrogen-bond acceptors (Lipinski definition) is 1. The standard InChI is InChI=1S/C14H16O/c1-15-10-4-5-12-8-9-13-6-2-3-7-14(13)11-12/h2-3,6-9,11H,4-5,10H2,1H3. The molecule has 2 aromatic carbocycles. The van der Waals surface area contributed by atoms with Crippen LogP contribution in [0.4, 0.5) is 0 Å². The van der Waals surface area contributed by atoms with Crippen molar-refractivity contribution in [3.8, 4) is 0 Å². The van der Waals surface area contributed by atoms with Gasteiger partial charge >= 0.3 is 0 Å². The van der Waals surface area contributed by atoms with Gasteiger partial charge in [-0.15, -0.1) is 0 Å². The molecule has 0 aliphatic rings. The van der Waals surface area contributed by atoms with Crippen molar-refractivity contribution in [2.45, 2.75) is 12.8 Å². The van der Waals surface area contributed by atoms with E-state index in [0.717, 1.165) is 19.4 Å². The van der Waals surface area contributed by atoms with E-state index >= 15 is 0 Å². The van der Waals surface area contributed by atoms with Gasteiger partial charge in [0.05, 0.1) is 0 Å². The maximum Gasteiger partial charge on any atom is 0.0465 e. The van der Waals surface area contributed by atoms with Gasteiger partial charge < -0.3 is 4.74 Å². The average Bonchev–Trinajstić information content (AvgIpc) is 2.29. The molecular formula is C14H16O. The molecule has 0 saturated carbocycles. The van der Waals surface area contributed by atoms with E-state index in [4.69, 9.17) is 4.74 Å². The minimum atomic E-state index is 0.840. The number of benzene rings is 2. The van der Waals surface area contributed by atoms with Crippen LogP contribution in [0, 0.1) is 0 Å². The van der Waals surface area contributed by atoms with Gasteiger partial charge in [-0.1, -0.05) is 42.5 Å². The van der Waals surface area contributed by atoms with Crippen molar-refractivity contribution < 1.29 is 4.74 Å². The molecule has 1 nitrogen and oxygen atoms in total. The van der Waals surface area contributed by atoms with Gasteiger partial charge in [-0.25, -0.2) is 0 Å². The molecule has 0 bridgehead atoms. The molecule has 0 amide bonds. The normalized spacial score (nSPS) is 10.7. The molecule has 2 rings (SSSR count). The summed E-state index contributed by atoms with van der Waals surface area (Å²) in [6, 6.07) is 15.1. The highest BCUT2D eigenvalue weighted by atomic mass is 16.5. The summed E-state index contributed by atoms with van der Waals surface area (Å²) in [5.41, 5.74) is 1.39. The maximum absolute atomic E-state index is 5.05. The smallest absolute Gasteiger partial charge is 0.0465 e. The van der Waals surface area contributed by atoms with E-state index in [-0.39, 0.29) is 0 Å². The van der Waals surface area contributed by atoms with Crippen LogP contribution in [0.3, 0.4) is 0 Å². The van der Waals surface area contributed by atoms with E-state index in [9.17, 15) is 0 Å². The lowest BCUT2D eigenvalue weighted by atomic mass is 10.0. The Kier molecular flexibility index (Phi) is 3.36. The van der Waals surface area contributed by atoms with Crippen molar-refractivity contribution in [1.29, 1.82) is 0 Å². The molecule has 1 heteroatoms. The quantitative estimate of drug-likeness (QED) is 0.687. The lowest BCUT2D eigenvalue weighted by Crippen LogP contribution is -1.92. The SMILES string of the molecule is COCCCc1ccc2ccccc2c1. The van der Waals surface area contributed by atoms with Gasteiger partial charge in [-0.3, -0.25) is 0 Å². The topological polar surface area (TPSA) is 9.23 Å². The predicted molar refractivity (Wildman–Crippen MR) is 64.1 cm³/mol. The Balaban J connectivity index is 2.16. The molecular weight excluding hydrogens is 184 g/mol. The first kappa shape index (κ1) is 10.2. The molecule has 0 atom stereocenters. The van der Waals surface area contributed by atoms with Crippen LogP contribution in [0.25, 0.3) is 10.8 Å². The summed E-state index contributed by atoms with van der Waals surface area (Å²) in [4.78, 5) is 0. The molecule has 0 unspecified atom stereocenters. The van der Waals surface area contributed by atoms with E-state index in [0.29, 0.717) is 0 Å². The van der Waals surface area contributed by atoms with Crippen LogP contribution in [-0.2, 0) is 11.2 Å². The van der Waals surface area contributed by atoms with Crippen LogP contribution in [0.2, 0.25) is 0 Å². The summed E-state index contributed by atoms with van der Waals surface area (Å²) in [6.07, 6.45) is 2.19. The molecule has 0 aliphatic carbocycles. The Bertz CT molecular complexity index is 434. The molecule has 0 radical (unpaired) electrons. The summed E-state index contributed by atoms with van der Waals surface area (Å²) in [6.45, 7) is 0.840. The second-order valence-electron chi connectivity index (χ2n) is 3.78. The van der Waals surface area contributed by atoms with Gasteiger partial charge in [0.15, 0.2) is 0 Å². The Morgan fingerprint density at radius 1 is 1.00 bits per heavy atom. The van der Waals surface area contributed by atoms with E-state index < -0.39 is 0 Å². The van der Waals surface area contributed by atoms with E-state index in [1.165, 1.54) is 16.3 Å². The zero-order chi connectivity index (χ0) is 10.5. The molecule has 0 N–H and O–H groups in total. The number of fused-ring (bicyclic) bond motifs is 1. The minimum absolute atomic E-state index is 0.840. The summed E-state index contributed by atoms with van der Waals surface area (Å²) in [5.74, 6) is 0. The second-order valence-corrected chi connectivity index (χ2v) is 3.78. The van der Waals surface area contributed by atoms with Crippen LogP contribution in [0.1, 0.15) is 12.0 Å². The van der Waals surface area contributed by atoms with E-state index in [1.54, 1.807) is 7.11 Å². The van der Waals surface area contributed by atoms with Crippen molar-refractivity contribution in [3.63, 3.8) is 0 Å². The van der Waals surface area contributed by atoms with Crippen molar-refractivity contribution in [2.75, 3.05) is 13.7 Å². The van der Waals surface area contributed by atoms with Crippen molar-refractivity contribution in [2.24, 2.45) is 0 Å². The highest BCUT2D eigenvalue weighted by Gasteiger charge is 1.95. The molecule has 0 fully saturated rings. The lowest BCUT2D eigenvalue weighted by molar-refractivity contribution is 0.195. The molecule has 0 heterocycles. The van der Waals surface area contributed by atoms with Gasteiger partial charge in [0.1, 0.15) is 0 Å². The van der Waals surface area contributed by atoms with Crippen LogP contribution in [0.15, 0.2) is 42.5 Å². The molecule has 15 heavy (non-hydrogen) atoms. The molecule has 0 aliphatic heterocycles. The zero-order valence-electron chi connectivity index (χ0n) is 9.07. The first-order chi connectivity index (χ1) is 7.40. The summed E-state index contributed by atoms with van der Waals surface area (Å²) in [5, 5.41) is 2.64. The number of aryl methyl sites for hydroxylation is 1. The number of ether oxygens (including phenoxy) is 1. The van der Waals surface area contributed by atoms with Crippen molar-refractivity contribution >= 4 is 10.8 Å². The highest BCUT2D eigenvalue weighted by molar-refractivity contribution is 5.82. The summed E-state index contributed by atoms with van der Waals surface area (Å²) < 4.78 is 5.05. The Hall–Kier alpha value is -1.34. The fourth-order valence-corrected chi connectivity index (χ4v) is 1.81. The van der Waals surface area contributed by atoms with Crippen LogP contribution in [0.5, 0.6) is 0 Å². The Morgan fingerprint density at radius 2 is 1.80 bits per heavy atom. The highest BCUT2D eigenvalue weighted by Crippen LogP contribution is 2.16. The minimum Gasteiger partial charge on any atom is -0.385 e. The molecule has 78 valence electrons. The first-order valence-corrected chi connectivity index (χ1v) is 5.37. The van der Waals surface area contributed by atoms with E-state index in [1.807, 2.05) is 0 Å².